The van der Waals surface area contributed by atoms with Crippen LogP contribution in [-0.4, -0.2) is 48.1 Å². The Balaban J connectivity index is 1.89. The summed E-state index contributed by atoms with van der Waals surface area (Å²) in [6, 6.07) is 1.65. The molecule has 0 aromatic heterocycles. The van der Waals surface area contributed by atoms with Gasteiger partial charge in [-0.3, -0.25) is 4.90 Å². The summed E-state index contributed by atoms with van der Waals surface area (Å²) in [5.41, 5.74) is 0. The minimum atomic E-state index is 0.816. The summed E-state index contributed by atoms with van der Waals surface area (Å²) in [5.74, 6) is 1.36. The van der Waals surface area contributed by atoms with E-state index in [9.17, 15) is 0 Å². The quantitative estimate of drug-likeness (QED) is 0.686. The Morgan fingerprint density at radius 2 is 2.17 bits per heavy atom. The molecular weight excluding hydrogens is 168 g/mol. The molecule has 3 heteroatoms. The third kappa shape index (κ3) is 1.50. The summed E-state index contributed by atoms with van der Waals surface area (Å²) in [7, 11) is 2.29. The monoisotopic (exact) mass is 186 g/mol. The van der Waals surface area contributed by atoms with Gasteiger partial charge in [0.2, 0.25) is 0 Å². The van der Waals surface area contributed by atoms with Crippen molar-refractivity contribution in [3.63, 3.8) is 0 Å². The minimum Gasteiger partial charge on any atom is -0.314 e. The Kier molecular flexibility index (Phi) is 2.63. The van der Waals surface area contributed by atoms with Gasteiger partial charge in [0.15, 0.2) is 0 Å². The first-order valence-electron chi connectivity index (χ1n) is 4.83. The zero-order valence-corrected chi connectivity index (χ0v) is 8.73. The van der Waals surface area contributed by atoms with Gasteiger partial charge in [0, 0.05) is 30.4 Å². The molecule has 0 saturated carbocycles. The molecule has 0 radical (unpaired) electrons. The first-order valence-corrected chi connectivity index (χ1v) is 5.88. The number of nitrogens with zero attached hydrogens (tertiary/aromatic N) is 1. The normalized spacial score (nSPS) is 37.2. The van der Waals surface area contributed by atoms with Gasteiger partial charge in [-0.05, 0) is 19.2 Å². The molecule has 2 fully saturated rings. The summed E-state index contributed by atoms with van der Waals surface area (Å²) in [6.45, 7) is 4.76. The minimum absolute atomic E-state index is 0.816. The van der Waals surface area contributed by atoms with Gasteiger partial charge in [-0.2, -0.15) is 11.8 Å². The van der Waals surface area contributed by atoms with E-state index in [1.807, 2.05) is 0 Å². The Bertz CT molecular complexity index is 159. The topological polar surface area (TPSA) is 15.3 Å². The zero-order chi connectivity index (χ0) is 8.55. The zero-order valence-electron chi connectivity index (χ0n) is 7.92. The van der Waals surface area contributed by atoms with Crippen molar-refractivity contribution in [2.45, 2.75) is 30.7 Å². The molecule has 1 N–H and O–H groups in total. The van der Waals surface area contributed by atoms with Crippen LogP contribution in [0.5, 0.6) is 0 Å². The van der Waals surface area contributed by atoms with Crippen molar-refractivity contribution in [1.29, 1.82) is 0 Å². The summed E-state index contributed by atoms with van der Waals surface area (Å²) in [4.78, 5) is 2.58. The number of hydrogen-bond donors (Lipinski definition) is 1. The highest BCUT2D eigenvalue weighted by molar-refractivity contribution is 8.00. The van der Waals surface area contributed by atoms with E-state index in [0.29, 0.717) is 0 Å². The SMILES string of the molecule is CC1SCCC1N(C)C1CNC1. The molecule has 0 aliphatic carbocycles. The van der Waals surface area contributed by atoms with Crippen LogP contribution >= 0.6 is 11.8 Å². The number of rotatable bonds is 2. The van der Waals surface area contributed by atoms with Crippen LogP contribution in [0.4, 0.5) is 0 Å². The smallest absolute Gasteiger partial charge is 0.0345 e. The van der Waals surface area contributed by atoms with Crippen molar-refractivity contribution in [2.24, 2.45) is 0 Å². The van der Waals surface area contributed by atoms with Crippen LogP contribution in [0.3, 0.4) is 0 Å². The molecule has 2 heterocycles. The van der Waals surface area contributed by atoms with Crippen LogP contribution in [0.1, 0.15) is 13.3 Å². The third-order valence-electron chi connectivity index (χ3n) is 3.20. The molecule has 2 aliphatic heterocycles. The van der Waals surface area contributed by atoms with Crippen LogP contribution in [-0.2, 0) is 0 Å². The van der Waals surface area contributed by atoms with Gasteiger partial charge < -0.3 is 5.32 Å². The third-order valence-corrected chi connectivity index (χ3v) is 4.51. The van der Waals surface area contributed by atoms with Crippen molar-refractivity contribution < 1.29 is 0 Å². The average molecular weight is 186 g/mol. The first kappa shape index (κ1) is 8.85. The van der Waals surface area contributed by atoms with E-state index < -0.39 is 0 Å². The van der Waals surface area contributed by atoms with Gasteiger partial charge in [-0.15, -0.1) is 0 Å². The van der Waals surface area contributed by atoms with E-state index in [1.165, 1.54) is 25.3 Å². The average Bonchev–Trinajstić information content (AvgIpc) is 2.31. The lowest BCUT2D eigenvalue weighted by Crippen LogP contribution is -2.59. The van der Waals surface area contributed by atoms with Crippen molar-refractivity contribution in [1.82, 2.24) is 10.2 Å². The summed E-state index contributed by atoms with van der Waals surface area (Å²) in [5, 5.41) is 4.18. The molecule has 0 bridgehead atoms. The molecule has 2 unspecified atom stereocenters. The highest BCUT2D eigenvalue weighted by atomic mass is 32.2. The summed E-state index contributed by atoms with van der Waals surface area (Å²) < 4.78 is 0. The van der Waals surface area contributed by atoms with Crippen LogP contribution in [0.2, 0.25) is 0 Å². The Morgan fingerprint density at radius 1 is 1.42 bits per heavy atom. The largest absolute Gasteiger partial charge is 0.314 e. The summed E-state index contributed by atoms with van der Waals surface area (Å²) in [6.07, 6.45) is 1.39. The second-order valence-corrected chi connectivity index (χ2v) is 5.39. The molecule has 12 heavy (non-hydrogen) atoms. The molecule has 2 saturated heterocycles. The van der Waals surface area contributed by atoms with Crippen LogP contribution in [0.15, 0.2) is 0 Å². The van der Waals surface area contributed by atoms with Crippen molar-refractivity contribution in [2.75, 3.05) is 25.9 Å². The van der Waals surface area contributed by atoms with Gasteiger partial charge in [0.25, 0.3) is 0 Å². The number of hydrogen-bond acceptors (Lipinski definition) is 3. The van der Waals surface area contributed by atoms with Crippen LogP contribution in [0.25, 0.3) is 0 Å². The van der Waals surface area contributed by atoms with Crippen molar-refractivity contribution >= 4 is 11.8 Å². The first-order chi connectivity index (χ1) is 5.79. The molecule has 70 valence electrons. The van der Waals surface area contributed by atoms with E-state index >= 15 is 0 Å². The Hall–Kier alpha value is 0.270. The van der Waals surface area contributed by atoms with E-state index in [4.69, 9.17) is 0 Å². The Labute approximate surface area is 79.1 Å². The highest BCUT2D eigenvalue weighted by Gasteiger charge is 2.33. The number of nitrogens with one attached hydrogen (secondary N) is 1. The van der Waals surface area contributed by atoms with Gasteiger partial charge >= 0.3 is 0 Å². The maximum atomic E-state index is 3.33. The van der Waals surface area contributed by atoms with Crippen molar-refractivity contribution in [3.05, 3.63) is 0 Å². The van der Waals surface area contributed by atoms with Gasteiger partial charge in [-0.25, -0.2) is 0 Å². The molecule has 2 aliphatic rings. The molecule has 2 atom stereocenters. The Morgan fingerprint density at radius 3 is 2.58 bits per heavy atom. The molecule has 2 rings (SSSR count). The second kappa shape index (κ2) is 3.56. The number of likely N-dealkylation sites (N-methyl/N-ethyl adjacent to an activating group) is 1. The lowest BCUT2D eigenvalue weighted by Gasteiger charge is -2.40. The maximum absolute atomic E-state index is 3.33. The fraction of sp³-hybridized carbons (Fsp3) is 1.00. The fourth-order valence-electron chi connectivity index (χ4n) is 2.09. The van der Waals surface area contributed by atoms with E-state index in [2.05, 4.69) is 35.9 Å². The van der Waals surface area contributed by atoms with Crippen molar-refractivity contribution in [3.8, 4) is 0 Å². The lowest BCUT2D eigenvalue weighted by molar-refractivity contribution is 0.128. The standard InChI is InChI=1S/C9H18N2S/c1-7-9(3-4-12-7)11(2)8-5-10-6-8/h7-10H,3-6H2,1-2H3. The lowest BCUT2D eigenvalue weighted by atomic mass is 10.1. The van der Waals surface area contributed by atoms with E-state index in [0.717, 1.165) is 17.3 Å². The maximum Gasteiger partial charge on any atom is 0.0345 e. The predicted octanol–water partition coefficient (Wildman–Crippen LogP) is 0.784. The highest BCUT2D eigenvalue weighted by Crippen LogP contribution is 2.30. The second-order valence-electron chi connectivity index (χ2n) is 3.91. The fourth-order valence-corrected chi connectivity index (χ4v) is 3.39. The molecular formula is C9H18N2S. The number of thioether (sulfide) groups is 1. The molecule has 0 amide bonds. The van der Waals surface area contributed by atoms with Gasteiger partial charge in [0.1, 0.15) is 0 Å². The molecule has 0 aromatic rings. The predicted molar refractivity (Wildman–Crippen MR) is 54.7 cm³/mol. The van der Waals surface area contributed by atoms with Crippen LogP contribution < -0.4 is 5.32 Å². The molecule has 2 nitrogen and oxygen atoms in total. The van der Waals surface area contributed by atoms with Crippen LogP contribution in [0, 0.1) is 0 Å². The van der Waals surface area contributed by atoms with Gasteiger partial charge in [0.05, 0.1) is 0 Å². The molecule has 0 spiro atoms. The summed E-state index contributed by atoms with van der Waals surface area (Å²) >= 11 is 2.12. The molecule has 0 aromatic carbocycles. The van der Waals surface area contributed by atoms with E-state index in [1.54, 1.807) is 0 Å². The van der Waals surface area contributed by atoms with Gasteiger partial charge in [-0.1, -0.05) is 6.92 Å². The van der Waals surface area contributed by atoms with E-state index in [-0.39, 0.29) is 0 Å².